The molecule has 0 bridgehead atoms. The predicted molar refractivity (Wildman–Crippen MR) is 209 cm³/mol. The first-order valence-electron chi connectivity index (χ1n) is 16.4. The van der Waals surface area contributed by atoms with Crippen molar-refractivity contribution in [2.75, 3.05) is 0 Å². The van der Waals surface area contributed by atoms with Gasteiger partial charge in [-0.05, 0) is 39.0 Å². The molecule has 1 aliphatic rings. The predicted octanol–water partition coefficient (Wildman–Crippen LogP) is 10.7. The van der Waals surface area contributed by atoms with Crippen LogP contribution in [0.5, 0.6) is 0 Å². The summed E-state index contributed by atoms with van der Waals surface area (Å²) in [6, 6.07) is 48.8. The van der Waals surface area contributed by atoms with Crippen LogP contribution >= 0.6 is 0 Å². The Bertz CT molecular complexity index is 1940. The van der Waals surface area contributed by atoms with Gasteiger partial charge in [-0.2, -0.15) is 78.1 Å². The van der Waals surface area contributed by atoms with Crippen LogP contribution in [0.2, 0.25) is 0 Å². The number of aromatic nitrogens is 1. The van der Waals surface area contributed by atoms with Gasteiger partial charge in [0.1, 0.15) is 6.72 Å². The summed E-state index contributed by atoms with van der Waals surface area (Å²) in [5.74, 6) is 0. The molecule has 248 valence electrons. The molecule has 50 heavy (non-hydrogen) atoms. The van der Waals surface area contributed by atoms with Crippen molar-refractivity contribution in [2.45, 2.75) is 27.3 Å². The molecular formula is C47H46HfN2. The fourth-order valence-corrected chi connectivity index (χ4v) is 5.42. The van der Waals surface area contributed by atoms with Crippen LogP contribution in [0.4, 0.5) is 5.69 Å². The van der Waals surface area contributed by atoms with Gasteiger partial charge in [-0.25, -0.2) is 0 Å². The van der Waals surface area contributed by atoms with Crippen LogP contribution in [0.1, 0.15) is 50.2 Å². The summed E-state index contributed by atoms with van der Waals surface area (Å²) < 4.78 is 2.02. The first-order chi connectivity index (χ1) is 23.7. The summed E-state index contributed by atoms with van der Waals surface area (Å²) in [4.78, 5) is 0. The quantitative estimate of drug-likeness (QED) is 0.0963. The van der Waals surface area contributed by atoms with E-state index in [9.17, 15) is 0 Å². The molecule has 7 rings (SSSR count). The van der Waals surface area contributed by atoms with Crippen molar-refractivity contribution in [1.82, 2.24) is 0 Å². The SMILES string of the molecule is C=[n+]1c(C[N-]c2c(C)cc(C)cc2C)ccc/c1=C1/C=C[CH-]c2ccccc21.[CH2-]c1ccccc1.[CH2-]c1ccccc1.[CH2-]c1ccccc1.[Hf+4]. The first kappa shape index (κ1) is 39.3. The van der Waals surface area contributed by atoms with Crippen LogP contribution in [-0.2, 0) is 32.4 Å². The third-order valence-corrected chi connectivity index (χ3v) is 7.81. The summed E-state index contributed by atoms with van der Waals surface area (Å²) in [5.41, 5.74) is 12.8. The molecule has 0 spiro atoms. The Morgan fingerprint density at radius 3 is 1.58 bits per heavy atom. The molecule has 2 nitrogen and oxygen atoms in total. The number of hydrogen-bond donors (Lipinski definition) is 0. The van der Waals surface area contributed by atoms with Crippen LogP contribution in [0.25, 0.3) is 10.9 Å². The fourth-order valence-electron chi connectivity index (χ4n) is 5.42. The summed E-state index contributed by atoms with van der Waals surface area (Å²) in [5, 5.41) is 6.01. The number of fused-ring (bicyclic) bond motifs is 1. The minimum absolute atomic E-state index is 0. The van der Waals surface area contributed by atoms with Crippen molar-refractivity contribution >= 4 is 11.3 Å². The number of hydrogen-bond acceptors (Lipinski definition) is 0. The van der Waals surface area contributed by atoms with Gasteiger partial charge >= 0.3 is 25.8 Å². The Hall–Kier alpha value is -5.12. The van der Waals surface area contributed by atoms with Crippen molar-refractivity contribution in [2.24, 2.45) is 0 Å². The van der Waals surface area contributed by atoms with E-state index in [2.05, 4.69) is 121 Å². The molecule has 0 saturated heterocycles. The van der Waals surface area contributed by atoms with E-state index in [0.29, 0.717) is 6.54 Å². The van der Waals surface area contributed by atoms with E-state index in [-0.39, 0.29) is 25.8 Å². The Morgan fingerprint density at radius 2 is 1.10 bits per heavy atom. The van der Waals surface area contributed by atoms with Gasteiger partial charge < -0.3 is 5.32 Å². The second-order valence-corrected chi connectivity index (χ2v) is 11.9. The van der Waals surface area contributed by atoms with Crippen LogP contribution in [0, 0.1) is 54.7 Å². The number of nitrogens with zero attached hydrogens (tertiary/aromatic N) is 2. The normalized spacial score (nSPS) is 11.7. The number of rotatable bonds is 3. The van der Waals surface area contributed by atoms with Crippen molar-refractivity contribution in [3.63, 3.8) is 0 Å². The molecule has 1 aliphatic carbocycles. The van der Waals surface area contributed by atoms with E-state index in [0.717, 1.165) is 33.4 Å². The molecular weight excluding hydrogens is 771 g/mol. The van der Waals surface area contributed by atoms with E-state index >= 15 is 0 Å². The number of benzene rings is 5. The van der Waals surface area contributed by atoms with Crippen LogP contribution < -0.4 is 9.59 Å². The molecule has 0 radical (unpaired) electrons. The van der Waals surface area contributed by atoms with Gasteiger partial charge in [-0.3, -0.25) is 0 Å². The number of pyridine rings is 1. The molecule has 0 fully saturated rings. The van der Waals surface area contributed by atoms with Crippen LogP contribution in [-0.4, -0.2) is 0 Å². The molecule has 0 saturated carbocycles. The topological polar surface area (TPSA) is 20.0 Å². The monoisotopic (exact) mass is 818 g/mol. The zero-order valence-electron chi connectivity index (χ0n) is 29.5. The van der Waals surface area contributed by atoms with E-state index in [4.69, 9.17) is 5.32 Å². The Labute approximate surface area is 319 Å². The maximum Gasteiger partial charge on any atom is 4.00 e. The minimum atomic E-state index is 0. The summed E-state index contributed by atoms with van der Waals surface area (Å²) in [6.45, 7) is 22.5. The van der Waals surface area contributed by atoms with Gasteiger partial charge in [-0.1, -0.05) is 64.7 Å². The van der Waals surface area contributed by atoms with E-state index in [1.54, 1.807) is 0 Å². The second-order valence-electron chi connectivity index (χ2n) is 11.9. The molecule has 0 N–H and O–H groups in total. The van der Waals surface area contributed by atoms with Crippen molar-refractivity contribution in [1.29, 1.82) is 0 Å². The molecule has 1 aromatic heterocycles. The second kappa shape index (κ2) is 20.4. The average molecular weight is 817 g/mol. The first-order valence-corrected chi connectivity index (χ1v) is 16.4. The molecule has 0 amide bonds. The fraction of sp³-hybridized carbons (Fsp3) is 0.0851. The minimum Gasteiger partial charge on any atom is -0.676 e. The zero-order valence-corrected chi connectivity index (χ0v) is 33.1. The van der Waals surface area contributed by atoms with Gasteiger partial charge in [0.05, 0.1) is 0 Å². The summed E-state index contributed by atoms with van der Waals surface area (Å²) in [7, 11) is 0. The van der Waals surface area contributed by atoms with E-state index in [1.165, 1.54) is 33.4 Å². The third kappa shape index (κ3) is 12.1. The Morgan fingerprint density at radius 1 is 0.620 bits per heavy atom. The van der Waals surface area contributed by atoms with E-state index in [1.807, 2.05) is 95.2 Å². The van der Waals surface area contributed by atoms with E-state index < -0.39 is 0 Å². The average Bonchev–Trinajstić information content (AvgIpc) is 3.10. The van der Waals surface area contributed by atoms with Crippen LogP contribution in [0.3, 0.4) is 0 Å². The van der Waals surface area contributed by atoms with Crippen molar-refractivity contribution < 1.29 is 30.1 Å². The van der Waals surface area contributed by atoms with Crippen molar-refractivity contribution in [3.05, 3.63) is 253 Å². The molecule has 1 heterocycles. The summed E-state index contributed by atoms with van der Waals surface area (Å²) >= 11 is 0. The molecule has 0 atom stereocenters. The third-order valence-electron chi connectivity index (χ3n) is 7.81. The standard InChI is InChI=1S/C26H25N2.3C7H7.Hf/c1-18-15-19(2)26(20(3)16-18)27-17-22-11-8-14-25(28(22)4)24-13-7-10-21-9-5-6-12-23(21)24;3*1-7-5-3-2-4-6-7;/h5-16H,4,17H2,1-3H3;3*2-6H,1H2;/q4*-1;+4/b25-24+;;;;. The number of aryl methyl sites for hydroxylation is 3. The zero-order chi connectivity index (χ0) is 35.0. The smallest absolute Gasteiger partial charge is 0.676 e. The molecule has 0 unspecified atom stereocenters. The van der Waals surface area contributed by atoms with Gasteiger partial charge in [0.25, 0.3) is 0 Å². The van der Waals surface area contributed by atoms with Gasteiger partial charge in [0.15, 0.2) is 11.0 Å². The van der Waals surface area contributed by atoms with Gasteiger partial charge in [0, 0.05) is 12.1 Å². The van der Waals surface area contributed by atoms with Gasteiger partial charge in [-0.15, -0.1) is 78.4 Å². The van der Waals surface area contributed by atoms with Crippen LogP contribution in [0.15, 0.2) is 158 Å². The number of allylic oxidation sites excluding steroid dienone is 2. The molecule has 0 aliphatic heterocycles. The molecule has 3 heteroatoms. The Balaban J connectivity index is 0.000000247. The molecule has 5 aromatic carbocycles. The van der Waals surface area contributed by atoms with Crippen molar-refractivity contribution in [3.8, 4) is 0 Å². The maximum atomic E-state index is 4.91. The summed E-state index contributed by atoms with van der Waals surface area (Å²) in [6.07, 6.45) is 6.41. The Kier molecular flexibility index (Phi) is 16.0. The molecule has 6 aromatic rings. The maximum absolute atomic E-state index is 4.91. The van der Waals surface area contributed by atoms with Gasteiger partial charge in [0.2, 0.25) is 0 Å². The largest absolute Gasteiger partial charge is 4.00 e.